The van der Waals surface area contributed by atoms with Crippen LogP contribution in [0, 0.1) is 0 Å². The molecule has 2 N–H and O–H groups in total. The van der Waals surface area contributed by atoms with E-state index in [-0.39, 0.29) is 24.4 Å². The molecule has 1 aliphatic rings. The summed E-state index contributed by atoms with van der Waals surface area (Å²) in [5.41, 5.74) is 1.93. The number of imide groups is 1. The number of aromatic nitrogens is 2. The van der Waals surface area contributed by atoms with Crippen LogP contribution in [0.15, 0.2) is 23.0 Å². The van der Waals surface area contributed by atoms with Crippen LogP contribution in [-0.4, -0.2) is 32.0 Å². The number of hydrogen-bond acceptors (Lipinski definition) is 4. The lowest BCUT2D eigenvalue weighted by molar-refractivity contribution is -0.137. The summed E-state index contributed by atoms with van der Waals surface area (Å²) in [6.07, 6.45) is 1.70. The quantitative estimate of drug-likeness (QED) is 0.776. The van der Waals surface area contributed by atoms with Gasteiger partial charge in [0.1, 0.15) is 6.04 Å². The number of aliphatic carboxylic acids is 1. The summed E-state index contributed by atoms with van der Waals surface area (Å²) in [6.45, 7) is 0. The van der Waals surface area contributed by atoms with E-state index in [0.29, 0.717) is 30.3 Å². The van der Waals surface area contributed by atoms with Crippen LogP contribution in [-0.2, 0) is 27.9 Å². The lowest BCUT2D eigenvalue weighted by atomic mass is 10.0. The third-order valence-electron chi connectivity index (χ3n) is 4.53. The fraction of sp³-hybridized carbons (Fsp3) is 0.412. The van der Waals surface area contributed by atoms with E-state index in [1.54, 1.807) is 13.1 Å². The Hall–Kier alpha value is -2.90. The summed E-state index contributed by atoms with van der Waals surface area (Å²) in [4.78, 5) is 46.7. The molecule has 0 aliphatic carbocycles. The molecule has 1 fully saturated rings. The van der Waals surface area contributed by atoms with E-state index >= 15 is 0 Å². The number of carbonyl (C=O) groups excluding carboxylic acids is 2. The van der Waals surface area contributed by atoms with Crippen molar-refractivity contribution in [3.63, 3.8) is 0 Å². The molecule has 0 saturated carbocycles. The molecule has 1 saturated heterocycles. The molecule has 2 aromatic rings. The Morgan fingerprint density at radius 3 is 2.72 bits per heavy atom. The number of rotatable bonds is 5. The first kappa shape index (κ1) is 16.9. The SMILES string of the molecule is Cn1c(=O)n(C2CCC(=O)NC2=O)c2ccc(CCCC(=O)O)cc21. The van der Waals surface area contributed by atoms with E-state index in [2.05, 4.69) is 5.32 Å². The lowest BCUT2D eigenvalue weighted by Crippen LogP contribution is -2.44. The van der Waals surface area contributed by atoms with Gasteiger partial charge in [0, 0.05) is 19.9 Å². The fourth-order valence-corrected chi connectivity index (χ4v) is 3.24. The Kier molecular flexibility index (Phi) is 4.43. The molecule has 3 rings (SSSR count). The van der Waals surface area contributed by atoms with Crippen LogP contribution < -0.4 is 11.0 Å². The second-order valence-corrected chi connectivity index (χ2v) is 6.25. The average molecular weight is 345 g/mol. The normalized spacial score (nSPS) is 17.7. The van der Waals surface area contributed by atoms with Crippen LogP contribution in [0.2, 0.25) is 0 Å². The molecule has 25 heavy (non-hydrogen) atoms. The van der Waals surface area contributed by atoms with E-state index in [9.17, 15) is 19.2 Å². The number of aryl methyl sites for hydroxylation is 2. The van der Waals surface area contributed by atoms with Gasteiger partial charge in [0.15, 0.2) is 0 Å². The zero-order valence-corrected chi connectivity index (χ0v) is 13.8. The number of hydrogen-bond donors (Lipinski definition) is 2. The van der Waals surface area contributed by atoms with Gasteiger partial charge in [0.25, 0.3) is 0 Å². The standard InChI is InChI=1S/C17H19N3O5/c1-19-13-9-10(3-2-4-15(22)23)5-6-11(13)20(17(19)25)12-7-8-14(21)18-16(12)24/h5-6,9,12H,2-4,7-8H2,1H3,(H,22,23)(H,18,21,24). The highest BCUT2D eigenvalue weighted by Crippen LogP contribution is 2.24. The second kappa shape index (κ2) is 6.54. The molecule has 132 valence electrons. The van der Waals surface area contributed by atoms with Crippen molar-refractivity contribution in [1.29, 1.82) is 0 Å². The number of carboxylic acid groups (broad SMARTS) is 1. The van der Waals surface area contributed by atoms with Crippen LogP contribution in [0.1, 0.15) is 37.3 Å². The number of piperidine rings is 1. The van der Waals surface area contributed by atoms with E-state index in [0.717, 1.165) is 5.56 Å². The van der Waals surface area contributed by atoms with Gasteiger partial charge in [0.2, 0.25) is 11.8 Å². The molecule has 1 unspecified atom stereocenters. The zero-order valence-electron chi connectivity index (χ0n) is 13.8. The molecule has 0 spiro atoms. The van der Waals surface area contributed by atoms with Gasteiger partial charge >= 0.3 is 11.7 Å². The molecule has 0 radical (unpaired) electrons. The highest BCUT2D eigenvalue weighted by atomic mass is 16.4. The predicted molar refractivity (Wildman–Crippen MR) is 89.2 cm³/mol. The zero-order chi connectivity index (χ0) is 18.1. The third kappa shape index (κ3) is 3.19. The number of carboxylic acids is 1. The van der Waals surface area contributed by atoms with Gasteiger partial charge in [0.05, 0.1) is 11.0 Å². The molecule has 8 nitrogen and oxygen atoms in total. The molecule has 1 aromatic heterocycles. The van der Waals surface area contributed by atoms with Gasteiger partial charge in [-0.1, -0.05) is 6.07 Å². The summed E-state index contributed by atoms with van der Waals surface area (Å²) in [5.74, 6) is -1.62. The lowest BCUT2D eigenvalue weighted by Gasteiger charge is -2.21. The Morgan fingerprint density at radius 1 is 1.28 bits per heavy atom. The maximum Gasteiger partial charge on any atom is 0.329 e. The number of nitrogens with zero attached hydrogens (tertiary/aromatic N) is 2. The molecule has 1 aliphatic heterocycles. The van der Waals surface area contributed by atoms with Crippen molar-refractivity contribution < 1.29 is 19.5 Å². The summed E-state index contributed by atoms with van der Waals surface area (Å²) in [7, 11) is 1.63. The number of amides is 2. The van der Waals surface area contributed by atoms with E-state index in [1.165, 1.54) is 9.13 Å². The molecule has 0 bridgehead atoms. The minimum atomic E-state index is -0.836. The molecule has 8 heteroatoms. The Morgan fingerprint density at radius 2 is 2.04 bits per heavy atom. The summed E-state index contributed by atoms with van der Waals surface area (Å²) in [6, 6.07) is 4.76. The Bertz CT molecular complexity index is 924. The smallest absolute Gasteiger partial charge is 0.329 e. The monoisotopic (exact) mass is 345 g/mol. The molecule has 1 aromatic carbocycles. The van der Waals surface area contributed by atoms with Crippen molar-refractivity contribution in [1.82, 2.24) is 14.5 Å². The van der Waals surface area contributed by atoms with Crippen LogP contribution in [0.3, 0.4) is 0 Å². The highest BCUT2D eigenvalue weighted by molar-refractivity contribution is 6.00. The summed E-state index contributed by atoms with van der Waals surface area (Å²) < 4.78 is 2.90. The highest BCUT2D eigenvalue weighted by Gasteiger charge is 2.31. The molecule has 2 amide bonds. The van der Waals surface area contributed by atoms with Crippen molar-refractivity contribution in [2.45, 2.75) is 38.1 Å². The van der Waals surface area contributed by atoms with Crippen LogP contribution in [0.5, 0.6) is 0 Å². The maximum atomic E-state index is 12.6. The number of imidazole rings is 1. The summed E-state index contributed by atoms with van der Waals surface area (Å²) in [5, 5.41) is 11.0. The Labute approximate surface area is 143 Å². The summed E-state index contributed by atoms with van der Waals surface area (Å²) >= 11 is 0. The predicted octanol–water partition coefficient (Wildman–Crippen LogP) is 0.725. The van der Waals surface area contributed by atoms with Gasteiger partial charge in [-0.15, -0.1) is 0 Å². The third-order valence-corrected chi connectivity index (χ3v) is 4.53. The number of benzene rings is 1. The van der Waals surface area contributed by atoms with E-state index < -0.39 is 17.9 Å². The van der Waals surface area contributed by atoms with E-state index in [1.807, 2.05) is 12.1 Å². The van der Waals surface area contributed by atoms with Crippen LogP contribution in [0.25, 0.3) is 11.0 Å². The van der Waals surface area contributed by atoms with E-state index in [4.69, 9.17) is 5.11 Å². The number of fused-ring (bicyclic) bond motifs is 1. The topological polar surface area (TPSA) is 110 Å². The van der Waals surface area contributed by atoms with Crippen molar-refractivity contribution >= 4 is 28.8 Å². The number of carbonyl (C=O) groups is 3. The van der Waals surface area contributed by atoms with Crippen LogP contribution in [0.4, 0.5) is 0 Å². The largest absolute Gasteiger partial charge is 0.481 e. The van der Waals surface area contributed by atoms with Gasteiger partial charge in [-0.3, -0.25) is 28.8 Å². The minimum absolute atomic E-state index is 0.0915. The van der Waals surface area contributed by atoms with Crippen molar-refractivity contribution in [3.05, 3.63) is 34.2 Å². The van der Waals surface area contributed by atoms with Crippen LogP contribution >= 0.6 is 0 Å². The fourth-order valence-electron chi connectivity index (χ4n) is 3.24. The van der Waals surface area contributed by atoms with Gasteiger partial charge in [-0.25, -0.2) is 4.79 Å². The van der Waals surface area contributed by atoms with Crippen molar-refractivity contribution in [2.75, 3.05) is 0 Å². The molecule has 2 heterocycles. The number of nitrogens with one attached hydrogen (secondary N) is 1. The first-order chi connectivity index (χ1) is 11.9. The molecule has 1 atom stereocenters. The van der Waals surface area contributed by atoms with Crippen molar-refractivity contribution in [3.8, 4) is 0 Å². The molecular formula is C17H19N3O5. The van der Waals surface area contributed by atoms with Gasteiger partial charge in [-0.05, 0) is 37.0 Å². The maximum absolute atomic E-state index is 12.6. The average Bonchev–Trinajstić information content (AvgIpc) is 2.79. The molecular weight excluding hydrogens is 326 g/mol. The van der Waals surface area contributed by atoms with Gasteiger partial charge in [-0.2, -0.15) is 0 Å². The first-order valence-electron chi connectivity index (χ1n) is 8.14. The first-order valence-corrected chi connectivity index (χ1v) is 8.14. The Balaban J connectivity index is 1.96. The minimum Gasteiger partial charge on any atom is -0.481 e. The van der Waals surface area contributed by atoms with Crippen molar-refractivity contribution in [2.24, 2.45) is 7.05 Å². The second-order valence-electron chi connectivity index (χ2n) is 6.25. The van der Waals surface area contributed by atoms with Gasteiger partial charge < -0.3 is 5.11 Å².